The lowest BCUT2D eigenvalue weighted by Gasteiger charge is -2.13. The summed E-state index contributed by atoms with van der Waals surface area (Å²) in [6.45, 7) is 0.794. The average molecular weight is 304 g/mol. The number of hydrogen-bond donors (Lipinski definition) is 1. The number of aryl methyl sites for hydroxylation is 1. The van der Waals surface area contributed by atoms with Gasteiger partial charge in [-0.05, 0) is 42.2 Å². The molecule has 0 saturated carbocycles. The predicted octanol–water partition coefficient (Wildman–Crippen LogP) is 3.02. The maximum Gasteiger partial charge on any atom is 0.115 e. The molecule has 1 aliphatic rings. The van der Waals surface area contributed by atoms with Gasteiger partial charge in [0.2, 0.25) is 0 Å². The zero-order valence-electron chi connectivity index (χ0n) is 9.94. The van der Waals surface area contributed by atoms with Crippen molar-refractivity contribution in [1.29, 1.82) is 0 Å². The van der Waals surface area contributed by atoms with Crippen molar-refractivity contribution in [2.45, 2.75) is 25.4 Å². The number of benzene rings is 1. The molecule has 18 heavy (non-hydrogen) atoms. The number of hydrogen-bond acceptors (Lipinski definition) is 3. The van der Waals surface area contributed by atoms with Crippen molar-refractivity contribution in [2.75, 3.05) is 0 Å². The molecule has 0 bridgehead atoms. The Balaban J connectivity index is 1.70. The predicted molar refractivity (Wildman–Crippen MR) is 74.1 cm³/mol. The molecule has 1 atom stereocenters. The second-order valence-electron chi connectivity index (χ2n) is 4.52. The van der Waals surface area contributed by atoms with Crippen LogP contribution in [0.4, 0.5) is 0 Å². The van der Waals surface area contributed by atoms with Crippen LogP contribution >= 0.6 is 15.9 Å². The fourth-order valence-corrected chi connectivity index (χ4v) is 2.86. The van der Waals surface area contributed by atoms with Crippen LogP contribution in [0.2, 0.25) is 0 Å². The third-order valence-electron chi connectivity index (χ3n) is 3.36. The number of halogens is 1. The minimum atomic E-state index is 0.447. The largest absolute Gasteiger partial charge is 0.304 e. The van der Waals surface area contributed by atoms with Crippen LogP contribution in [-0.4, -0.2) is 9.97 Å². The van der Waals surface area contributed by atoms with Crippen molar-refractivity contribution < 1.29 is 0 Å². The SMILES string of the molecule is Brc1ccc2c(c1)CCC2NCc1ccncn1. The summed E-state index contributed by atoms with van der Waals surface area (Å²) in [5, 5.41) is 3.57. The van der Waals surface area contributed by atoms with Gasteiger partial charge in [0.25, 0.3) is 0 Å². The second kappa shape index (κ2) is 5.16. The fourth-order valence-electron chi connectivity index (χ4n) is 2.45. The molecular formula is C14H14BrN3. The molecule has 0 aliphatic heterocycles. The molecule has 0 amide bonds. The van der Waals surface area contributed by atoms with Gasteiger partial charge in [0.15, 0.2) is 0 Å². The van der Waals surface area contributed by atoms with E-state index in [1.807, 2.05) is 6.07 Å². The van der Waals surface area contributed by atoms with E-state index < -0.39 is 0 Å². The van der Waals surface area contributed by atoms with E-state index in [1.54, 1.807) is 12.5 Å². The van der Waals surface area contributed by atoms with Gasteiger partial charge in [-0.3, -0.25) is 0 Å². The van der Waals surface area contributed by atoms with Crippen LogP contribution in [0.1, 0.15) is 29.3 Å². The van der Waals surface area contributed by atoms with Crippen molar-refractivity contribution in [3.63, 3.8) is 0 Å². The van der Waals surface area contributed by atoms with Gasteiger partial charge in [0, 0.05) is 23.3 Å². The summed E-state index contributed by atoms with van der Waals surface area (Å²) < 4.78 is 1.16. The van der Waals surface area contributed by atoms with E-state index in [-0.39, 0.29) is 0 Å². The van der Waals surface area contributed by atoms with E-state index in [2.05, 4.69) is 49.4 Å². The Labute approximate surface area is 115 Å². The van der Waals surface area contributed by atoms with E-state index in [9.17, 15) is 0 Å². The summed E-state index contributed by atoms with van der Waals surface area (Å²) in [5.41, 5.74) is 3.91. The molecule has 1 heterocycles. The molecule has 0 saturated heterocycles. The molecule has 2 aromatic rings. The molecule has 0 spiro atoms. The smallest absolute Gasteiger partial charge is 0.115 e. The highest BCUT2D eigenvalue weighted by Gasteiger charge is 2.21. The van der Waals surface area contributed by atoms with Crippen LogP contribution in [-0.2, 0) is 13.0 Å². The molecule has 1 aliphatic carbocycles. The van der Waals surface area contributed by atoms with E-state index in [0.29, 0.717) is 6.04 Å². The van der Waals surface area contributed by atoms with Gasteiger partial charge in [-0.2, -0.15) is 0 Å². The minimum Gasteiger partial charge on any atom is -0.304 e. The Morgan fingerprint density at radius 1 is 1.33 bits per heavy atom. The summed E-state index contributed by atoms with van der Waals surface area (Å²) in [4.78, 5) is 8.16. The van der Waals surface area contributed by atoms with Crippen molar-refractivity contribution in [1.82, 2.24) is 15.3 Å². The Morgan fingerprint density at radius 2 is 2.28 bits per heavy atom. The van der Waals surface area contributed by atoms with Gasteiger partial charge in [0.05, 0.1) is 5.69 Å². The molecule has 1 N–H and O–H groups in total. The standard InChI is InChI=1S/C14H14BrN3/c15-11-2-3-13-10(7-11)1-4-14(13)17-8-12-5-6-16-9-18-12/h2-3,5-7,9,14,17H,1,4,8H2. The first-order valence-electron chi connectivity index (χ1n) is 6.09. The van der Waals surface area contributed by atoms with Crippen molar-refractivity contribution in [3.05, 3.63) is 58.1 Å². The van der Waals surface area contributed by atoms with Gasteiger partial charge in [0.1, 0.15) is 6.33 Å². The number of nitrogens with one attached hydrogen (secondary N) is 1. The van der Waals surface area contributed by atoms with E-state index in [0.717, 1.165) is 29.6 Å². The summed E-state index contributed by atoms with van der Waals surface area (Å²) in [6.07, 6.45) is 5.69. The Morgan fingerprint density at radius 3 is 3.11 bits per heavy atom. The summed E-state index contributed by atoms with van der Waals surface area (Å²) in [7, 11) is 0. The maximum absolute atomic E-state index is 4.23. The molecule has 0 radical (unpaired) electrons. The van der Waals surface area contributed by atoms with Crippen LogP contribution in [0.5, 0.6) is 0 Å². The number of fused-ring (bicyclic) bond motifs is 1. The third kappa shape index (κ3) is 2.44. The van der Waals surface area contributed by atoms with Crippen LogP contribution in [0.15, 0.2) is 41.3 Å². The second-order valence-corrected chi connectivity index (χ2v) is 5.43. The zero-order chi connectivity index (χ0) is 12.4. The van der Waals surface area contributed by atoms with Crippen molar-refractivity contribution in [2.24, 2.45) is 0 Å². The fraction of sp³-hybridized carbons (Fsp3) is 0.286. The normalized spacial score (nSPS) is 17.7. The molecule has 1 aromatic heterocycles. The lowest BCUT2D eigenvalue weighted by Crippen LogP contribution is -2.19. The summed E-state index contributed by atoms with van der Waals surface area (Å²) in [6, 6.07) is 8.95. The van der Waals surface area contributed by atoms with Gasteiger partial charge < -0.3 is 5.32 Å². The van der Waals surface area contributed by atoms with Crippen LogP contribution in [0.25, 0.3) is 0 Å². The molecule has 0 fully saturated rings. The topological polar surface area (TPSA) is 37.8 Å². The first-order valence-corrected chi connectivity index (χ1v) is 6.89. The molecule has 3 nitrogen and oxygen atoms in total. The molecule has 1 unspecified atom stereocenters. The number of nitrogens with zero attached hydrogens (tertiary/aromatic N) is 2. The quantitative estimate of drug-likeness (QED) is 0.947. The first kappa shape index (κ1) is 11.8. The van der Waals surface area contributed by atoms with E-state index in [4.69, 9.17) is 0 Å². The Hall–Kier alpha value is -1.26. The van der Waals surface area contributed by atoms with Gasteiger partial charge in [-0.15, -0.1) is 0 Å². The van der Waals surface area contributed by atoms with Crippen molar-refractivity contribution in [3.8, 4) is 0 Å². The first-order chi connectivity index (χ1) is 8.83. The van der Waals surface area contributed by atoms with Gasteiger partial charge >= 0.3 is 0 Å². The van der Waals surface area contributed by atoms with Crippen LogP contribution in [0.3, 0.4) is 0 Å². The summed E-state index contributed by atoms with van der Waals surface area (Å²) >= 11 is 3.52. The van der Waals surface area contributed by atoms with Crippen LogP contribution < -0.4 is 5.32 Å². The van der Waals surface area contributed by atoms with E-state index >= 15 is 0 Å². The molecular weight excluding hydrogens is 290 g/mol. The molecule has 4 heteroatoms. The van der Waals surface area contributed by atoms with Crippen molar-refractivity contribution >= 4 is 15.9 Å². The van der Waals surface area contributed by atoms with Gasteiger partial charge in [-0.1, -0.05) is 22.0 Å². The maximum atomic E-state index is 4.23. The highest BCUT2D eigenvalue weighted by Crippen LogP contribution is 2.32. The Kier molecular flexibility index (Phi) is 3.39. The average Bonchev–Trinajstić information content (AvgIpc) is 2.80. The zero-order valence-corrected chi connectivity index (χ0v) is 11.5. The monoisotopic (exact) mass is 303 g/mol. The molecule has 3 rings (SSSR count). The van der Waals surface area contributed by atoms with Gasteiger partial charge in [-0.25, -0.2) is 9.97 Å². The summed E-state index contributed by atoms with van der Waals surface area (Å²) in [5.74, 6) is 0. The highest BCUT2D eigenvalue weighted by molar-refractivity contribution is 9.10. The van der Waals surface area contributed by atoms with Crippen LogP contribution in [0, 0.1) is 0 Å². The lowest BCUT2D eigenvalue weighted by atomic mass is 10.1. The highest BCUT2D eigenvalue weighted by atomic mass is 79.9. The number of rotatable bonds is 3. The third-order valence-corrected chi connectivity index (χ3v) is 3.85. The number of aromatic nitrogens is 2. The Bertz CT molecular complexity index is 542. The lowest BCUT2D eigenvalue weighted by molar-refractivity contribution is 0.525. The molecule has 92 valence electrons. The molecule has 1 aromatic carbocycles. The minimum absolute atomic E-state index is 0.447. The van der Waals surface area contributed by atoms with E-state index in [1.165, 1.54) is 11.1 Å².